The Hall–Kier alpha value is -0.830. The smallest absolute Gasteiger partial charge is 0.223 e. The summed E-state index contributed by atoms with van der Waals surface area (Å²) >= 11 is 0. The molecule has 1 aliphatic rings. The average Bonchev–Trinajstić information content (AvgIpc) is 2.50. The molecule has 0 aromatic carbocycles. The van der Waals surface area contributed by atoms with E-state index in [1.165, 1.54) is 0 Å². The van der Waals surface area contributed by atoms with E-state index >= 15 is 0 Å². The van der Waals surface area contributed by atoms with Crippen LogP contribution in [0.4, 0.5) is 0 Å². The summed E-state index contributed by atoms with van der Waals surface area (Å²) < 4.78 is 0. The van der Waals surface area contributed by atoms with Gasteiger partial charge in [-0.25, -0.2) is 0 Å². The minimum atomic E-state index is -0.818. The molecule has 13 heavy (non-hydrogen) atoms. The number of allylic oxidation sites excluding steroid dienone is 2. The molecule has 1 rings (SSSR count). The molecule has 0 radical (unpaired) electrons. The van der Waals surface area contributed by atoms with Crippen molar-refractivity contribution >= 4 is 5.91 Å². The van der Waals surface area contributed by atoms with Gasteiger partial charge in [-0.1, -0.05) is 12.2 Å². The summed E-state index contributed by atoms with van der Waals surface area (Å²) in [7, 11) is 0. The molecule has 1 amide bonds. The van der Waals surface area contributed by atoms with E-state index in [9.17, 15) is 9.90 Å². The maximum atomic E-state index is 11.4. The summed E-state index contributed by atoms with van der Waals surface area (Å²) in [5, 5.41) is 12.1. The van der Waals surface area contributed by atoms with Gasteiger partial charge in [0.05, 0.1) is 5.60 Å². The van der Waals surface area contributed by atoms with Crippen LogP contribution in [-0.2, 0) is 4.79 Å². The lowest BCUT2D eigenvalue weighted by molar-refractivity contribution is -0.125. The number of hydrogen-bond acceptors (Lipinski definition) is 2. The number of aliphatic hydroxyl groups is 1. The van der Waals surface area contributed by atoms with Crippen molar-refractivity contribution in [3.05, 3.63) is 12.2 Å². The fourth-order valence-electron chi connectivity index (χ4n) is 1.28. The first-order valence-corrected chi connectivity index (χ1v) is 4.64. The van der Waals surface area contributed by atoms with Gasteiger partial charge in [0.2, 0.25) is 5.91 Å². The van der Waals surface area contributed by atoms with Gasteiger partial charge in [-0.2, -0.15) is 0 Å². The van der Waals surface area contributed by atoms with Crippen LogP contribution >= 0.6 is 0 Å². The highest BCUT2D eigenvalue weighted by Gasteiger charge is 2.21. The van der Waals surface area contributed by atoms with Gasteiger partial charge in [-0.15, -0.1) is 0 Å². The lowest BCUT2D eigenvalue weighted by Crippen LogP contribution is -2.40. The highest BCUT2D eigenvalue weighted by molar-refractivity contribution is 5.79. The Morgan fingerprint density at radius 1 is 1.54 bits per heavy atom. The molecule has 0 atom stereocenters. The summed E-state index contributed by atoms with van der Waals surface area (Å²) in [6.07, 6.45) is 5.71. The first-order chi connectivity index (χ1) is 5.99. The molecule has 0 fully saturated rings. The number of carbonyl (C=O) groups excluding carboxylic acids is 1. The van der Waals surface area contributed by atoms with E-state index in [4.69, 9.17) is 0 Å². The number of amides is 1. The summed E-state index contributed by atoms with van der Waals surface area (Å²) in [6, 6.07) is 0. The molecule has 0 bridgehead atoms. The van der Waals surface area contributed by atoms with Gasteiger partial charge >= 0.3 is 0 Å². The van der Waals surface area contributed by atoms with Crippen LogP contribution in [0.2, 0.25) is 0 Å². The first kappa shape index (κ1) is 10.3. The van der Waals surface area contributed by atoms with Crippen molar-refractivity contribution in [3.8, 4) is 0 Å². The van der Waals surface area contributed by atoms with Crippen LogP contribution in [0.15, 0.2) is 12.2 Å². The number of nitrogens with one attached hydrogen (secondary N) is 1. The predicted molar refractivity (Wildman–Crippen MR) is 51.2 cm³/mol. The van der Waals surface area contributed by atoms with Crippen LogP contribution < -0.4 is 5.32 Å². The van der Waals surface area contributed by atoms with Gasteiger partial charge in [0, 0.05) is 12.5 Å². The standard InChI is InChI=1S/C10H17NO2/c1-10(2,13)7-11-9(12)8-5-3-4-6-8/h3-4,8,13H,5-7H2,1-2H3,(H,11,12). The van der Waals surface area contributed by atoms with Gasteiger partial charge in [0.15, 0.2) is 0 Å². The predicted octanol–water partition coefficient (Wildman–Crippen LogP) is 0.840. The molecule has 0 saturated carbocycles. The van der Waals surface area contributed by atoms with Crippen LogP contribution in [0, 0.1) is 5.92 Å². The van der Waals surface area contributed by atoms with Crippen molar-refractivity contribution in [2.45, 2.75) is 32.3 Å². The first-order valence-electron chi connectivity index (χ1n) is 4.64. The fraction of sp³-hybridized carbons (Fsp3) is 0.700. The summed E-state index contributed by atoms with van der Waals surface area (Å²) in [5.74, 6) is 0.134. The second kappa shape index (κ2) is 3.92. The Morgan fingerprint density at radius 3 is 2.54 bits per heavy atom. The van der Waals surface area contributed by atoms with E-state index in [2.05, 4.69) is 5.32 Å². The molecule has 3 heteroatoms. The monoisotopic (exact) mass is 183 g/mol. The normalized spacial score (nSPS) is 17.8. The Bertz CT molecular complexity index is 207. The van der Waals surface area contributed by atoms with Crippen molar-refractivity contribution in [1.29, 1.82) is 0 Å². The van der Waals surface area contributed by atoms with Gasteiger partial charge < -0.3 is 10.4 Å². The molecular weight excluding hydrogens is 166 g/mol. The minimum Gasteiger partial charge on any atom is -0.389 e. The zero-order chi connectivity index (χ0) is 9.90. The second-order valence-electron chi connectivity index (χ2n) is 4.17. The third kappa shape index (κ3) is 3.59. The van der Waals surface area contributed by atoms with Crippen LogP contribution in [0.3, 0.4) is 0 Å². The molecule has 0 spiro atoms. The van der Waals surface area contributed by atoms with Gasteiger partial charge in [-0.05, 0) is 26.7 Å². The molecule has 0 saturated heterocycles. The molecule has 0 aromatic rings. The van der Waals surface area contributed by atoms with Crippen molar-refractivity contribution in [2.24, 2.45) is 5.92 Å². The van der Waals surface area contributed by atoms with Crippen LogP contribution in [0.1, 0.15) is 26.7 Å². The number of hydrogen-bond donors (Lipinski definition) is 2. The van der Waals surface area contributed by atoms with Crippen molar-refractivity contribution in [3.63, 3.8) is 0 Å². The zero-order valence-electron chi connectivity index (χ0n) is 8.21. The number of carbonyl (C=O) groups is 1. The van der Waals surface area contributed by atoms with E-state index in [1.54, 1.807) is 13.8 Å². The SMILES string of the molecule is CC(C)(O)CNC(=O)C1CC=CC1. The minimum absolute atomic E-state index is 0.0483. The largest absolute Gasteiger partial charge is 0.389 e. The summed E-state index contributed by atoms with van der Waals surface area (Å²) in [5.41, 5.74) is -0.818. The molecule has 1 aliphatic carbocycles. The summed E-state index contributed by atoms with van der Waals surface area (Å²) in [6.45, 7) is 3.68. The van der Waals surface area contributed by atoms with Crippen molar-refractivity contribution < 1.29 is 9.90 Å². The van der Waals surface area contributed by atoms with Gasteiger partial charge in [-0.3, -0.25) is 4.79 Å². The Kier molecular flexibility index (Phi) is 3.09. The Balaban J connectivity index is 2.26. The molecule has 0 unspecified atom stereocenters. The molecule has 2 N–H and O–H groups in total. The highest BCUT2D eigenvalue weighted by atomic mass is 16.3. The Labute approximate surface area is 78.8 Å². The maximum Gasteiger partial charge on any atom is 0.223 e. The van der Waals surface area contributed by atoms with Crippen LogP contribution in [0.25, 0.3) is 0 Å². The van der Waals surface area contributed by atoms with E-state index < -0.39 is 5.60 Å². The summed E-state index contributed by atoms with van der Waals surface area (Å²) in [4.78, 5) is 11.4. The van der Waals surface area contributed by atoms with E-state index in [1.807, 2.05) is 12.2 Å². The van der Waals surface area contributed by atoms with E-state index in [0.29, 0.717) is 6.54 Å². The molecule has 0 heterocycles. The number of rotatable bonds is 3. The third-order valence-corrected chi connectivity index (χ3v) is 2.07. The second-order valence-corrected chi connectivity index (χ2v) is 4.17. The van der Waals surface area contributed by atoms with Crippen LogP contribution in [0.5, 0.6) is 0 Å². The average molecular weight is 183 g/mol. The van der Waals surface area contributed by atoms with Gasteiger partial charge in [0.25, 0.3) is 0 Å². The molecule has 0 aromatic heterocycles. The quantitative estimate of drug-likeness (QED) is 0.637. The third-order valence-electron chi connectivity index (χ3n) is 2.07. The van der Waals surface area contributed by atoms with E-state index in [-0.39, 0.29) is 11.8 Å². The lowest BCUT2D eigenvalue weighted by Gasteiger charge is -2.19. The van der Waals surface area contributed by atoms with Crippen molar-refractivity contribution in [1.82, 2.24) is 5.32 Å². The molecule has 3 nitrogen and oxygen atoms in total. The molecular formula is C10H17NO2. The lowest BCUT2D eigenvalue weighted by atomic mass is 10.1. The van der Waals surface area contributed by atoms with Crippen LogP contribution in [-0.4, -0.2) is 23.2 Å². The Morgan fingerprint density at radius 2 is 2.08 bits per heavy atom. The maximum absolute atomic E-state index is 11.4. The van der Waals surface area contributed by atoms with Gasteiger partial charge in [0.1, 0.15) is 0 Å². The molecule has 0 aliphatic heterocycles. The topological polar surface area (TPSA) is 49.3 Å². The highest BCUT2D eigenvalue weighted by Crippen LogP contribution is 2.17. The van der Waals surface area contributed by atoms with Crippen molar-refractivity contribution in [2.75, 3.05) is 6.54 Å². The van der Waals surface area contributed by atoms with E-state index in [0.717, 1.165) is 12.8 Å². The fourth-order valence-corrected chi connectivity index (χ4v) is 1.28. The molecule has 74 valence electrons. The zero-order valence-corrected chi connectivity index (χ0v) is 8.21.